The lowest BCUT2D eigenvalue weighted by Gasteiger charge is -2.42. The molecule has 1 atom stereocenters. The van der Waals surface area contributed by atoms with E-state index in [1.54, 1.807) is 52.5 Å². The molecule has 0 bridgehead atoms. The predicted molar refractivity (Wildman–Crippen MR) is 165 cm³/mol. The number of carbonyl (C=O) groups is 2. The van der Waals surface area contributed by atoms with Crippen molar-refractivity contribution in [1.29, 1.82) is 0 Å². The second-order valence-corrected chi connectivity index (χ2v) is 11.3. The molecule has 0 radical (unpaired) electrons. The molecule has 2 aromatic carbocycles. The SMILES string of the molecule is Cc1ccc(CNC(=O)CC2CN(C(=O)Nc3ccc(Cl)c(Cl)c3)CCN2c2cc(Cl)nc(-n3ccnc3)n2)cc1C. The summed E-state index contributed by atoms with van der Waals surface area (Å²) in [6.45, 7) is 5.57. The monoisotopic (exact) mass is 626 g/mol. The van der Waals surface area contributed by atoms with Crippen LogP contribution in [0.25, 0.3) is 5.95 Å². The number of amides is 3. The lowest BCUT2D eigenvalue weighted by Crippen LogP contribution is -2.57. The van der Waals surface area contributed by atoms with Gasteiger partial charge in [0.05, 0.1) is 16.1 Å². The average molecular weight is 628 g/mol. The Hall–Kier alpha value is -3.86. The van der Waals surface area contributed by atoms with Crippen molar-refractivity contribution in [3.63, 3.8) is 0 Å². The van der Waals surface area contributed by atoms with Gasteiger partial charge in [0, 0.05) is 56.7 Å². The molecule has 218 valence electrons. The van der Waals surface area contributed by atoms with Crippen LogP contribution in [0.5, 0.6) is 0 Å². The molecule has 2 aromatic heterocycles. The maximum absolute atomic E-state index is 13.2. The first-order chi connectivity index (χ1) is 20.2. The number of anilines is 2. The molecule has 42 heavy (non-hydrogen) atoms. The molecule has 0 aliphatic carbocycles. The number of aryl methyl sites for hydroxylation is 2. The van der Waals surface area contributed by atoms with Gasteiger partial charge in [-0.2, -0.15) is 4.98 Å². The van der Waals surface area contributed by atoms with E-state index >= 15 is 0 Å². The van der Waals surface area contributed by atoms with E-state index in [0.717, 1.165) is 11.1 Å². The molecular weight excluding hydrogens is 599 g/mol. The highest BCUT2D eigenvalue weighted by atomic mass is 35.5. The van der Waals surface area contributed by atoms with Gasteiger partial charge >= 0.3 is 6.03 Å². The van der Waals surface area contributed by atoms with Crippen LogP contribution >= 0.6 is 34.8 Å². The molecule has 3 amide bonds. The highest BCUT2D eigenvalue weighted by Crippen LogP contribution is 2.27. The number of urea groups is 1. The largest absolute Gasteiger partial charge is 0.352 e. The van der Waals surface area contributed by atoms with E-state index in [1.807, 2.05) is 24.0 Å². The van der Waals surface area contributed by atoms with E-state index in [2.05, 4.69) is 33.6 Å². The number of piperazine rings is 1. The van der Waals surface area contributed by atoms with Crippen LogP contribution in [0, 0.1) is 13.8 Å². The number of nitrogens with one attached hydrogen (secondary N) is 2. The van der Waals surface area contributed by atoms with Gasteiger partial charge in [-0.05, 0) is 48.7 Å². The Kier molecular flexibility index (Phi) is 9.15. The Labute approximate surface area is 258 Å². The predicted octanol–water partition coefficient (Wildman–Crippen LogP) is 5.67. The van der Waals surface area contributed by atoms with Crippen LogP contribution < -0.4 is 15.5 Å². The summed E-state index contributed by atoms with van der Waals surface area (Å²) in [4.78, 5) is 43.2. The van der Waals surface area contributed by atoms with E-state index in [0.29, 0.717) is 47.1 Å². The molecule has 1 unspecified atom stereocenters. The molecule has 13 heteroatoms. The molecule has 1 saturated heterocycles. The van der Waals surface area contributed by atoms with Crippen LogP contribution in [0.2, 0.25) is 15.2 Å². The number of benzene rings is 2. The van der Waals surface area contributed by atoms with Crippen LogP contribution in [-0.2, 0) is 11.3 Å². The number of hydrogen-bond donors (Lipinski definition) is 2. The van der Waals surface area contributed by atoms with Crippen LogP contribution in [0.1, 0.15) is 23.1 Å². The van der Waals surface area contributed by atoms with Crippen molar-refractivity contribution in [1.82, 2.24) is 29.7 Å². The number of halogens is 3. The summed E-state index contributed by atoms with van der Waals surface area (Å²) >= 11 is 18.5. The highest BCUT2D eigenvalue weighted by Gasteiger charge is 2.32. The Bertz CT molecular complexity index is 1600. The molecule has 0 spiro atoms. The zero-order valence-corrected chi connectivity index (χ0v) is 25.3. The molecule has 4 aromatic rings. The maximum atomic E-state index is 13.2. The summed E-state index contributed by atoms with van der Waals surface area (Å²) in [5, 5.41) is 6.88. The molecule has 10 nitrogen and oxygen atoms in total. The quantitative estimate of drug-likeness (QED) is 0.256. The summed E-state index contributed by atoms with van der Waals surface area (Å²) in [5.41, 5.74) is 3.90. The number of carbonyl (C=O) groups excluding carboxylic acids is 2. The van der Waals surface area contributed by atoms with Gasteiger partial charge in [0.2, 0.25) is 11.9 Å². The third-order valence-corrected chi connectivity index (χ3v) is 8.05. The van der Waals surface area contributed by atoms with Gasteiger partial charge in [-0.15, -0.1) is 0 Å². The maximum Gasteiger partial charge on any atom is 0.321 e. The van der Waals surface area contributed by atoms with Crippen LogP contribution in [0.15, 0.2) is 61.2 Å². The van der Waals surface area contributed by atoms with E-state index < -0.39 is 0 Å². The molecule has 1 aliphatic heterocycles. The van der Waals surface area contributed by atoms with Crippen molar-refractivity contribution in [2.45, 2.75) is 32.9 Å². The molecule has 0 saturated carbocycles. The molecule has 1 aliphatic rings. The zero-order valence-electron chi connectivity index (χ0n) is 23.0. The molecule has 2 N–H and O–H groups in total. The Morgan fingerprint density at radius 2 is 1.81 bits per heavy atom. The smallest absolute Gasteiger partial charge is 0.321 e. The van der Waals surface area contributed by atoms with Crippen LogP contribution in [0.4, 0.5) is 16.3 Å². The minimum Gasteiger partial charge on any atom is -0.352 e. The standard InChI is InChI=1S/C29H29Cl3N8O2/c1-18-3-4-20(11-19(18)2)15-34-27(41)13-22-16-38(29(42)35-21-5-6-23(30)24(31)12-21)9-10-40(22)26-14-25(32)36-28(37-26)39-8-7-33-17-39/h3-8,11-12,14,17,22H,9-10,13,15-16H2,1-2H3,(H,34,41)(H,35,42). The zero-order chi connectivity index (χ0) is 29.8. The number of hydrogen-bond acceptors (Lipinski definition) is 6. The first kappa shape index (κ1) is 29.6. The van der Waals surface area contributed by atoms with Gasteiger partial charge in [-0.3, -0.25) is 9.36 Å². The van der Waals surface area contributed by atoms with Crippen molar-refractivity contribution >= 4 is 58.2 Å². The van der Waals surface area contributed by atoms with Crippen molar-refractivity contribution in [2.24, 2.45) is 0 Å². The minimum absolute atomic E-state index is 0.128. The third kappa shape index (κ3) is 7.13. The summed E-state index contributed by atoms with van der Waals surface area (Å²) in [7, 11) is 0. The van der Waals surface area contributed by atoms with E-state index in [4.69, 9.17) is 39.8 Å². The average Bonchev–Trinajstić information content (AvgIpc) is 3.51. The van der Waals surface area contributed by atoms with Gasteiger partial charge in [0.1, 0.15) is 17.3 Å². The van der Waals surface area contributed by atoms with Crippen molar-refractivity contribution < 1.29 is 9.59 Å². The highest BCUT2D eigenvalue weighted by molar-refractivity contribution is 6.42. The van der Waals surface area contributed by atoms with Crippen molar-refractivity contribution in [3.05, 3.63) is 93.1 Å². The topological polar surface area (TPSA) is 108 Å². The summed E-state index contributed by atoms with van der Waals surface area (Å²) in [6, 6.07) is 12.0. The van der Waals surface area contributed by atoms with Crippen LogP contribution in [0.3, 0.4) is 0 Å². The molecule has 3 heterocycles. The molecule has 1 fully saturated rings. The third-order valence-electron chi connectivity index (χ3n) is 7.12. The van der Waals surface area contributed by atoms with E-state index in [1.165, 1.54) is 5.56 Å². The lowest BCUT2D eigenvalue weighted by molar-refractivity contribution is -0.121. The molecule has 5 rings (SSSR count). The Morgan fingerprint density at radius 1 is 0.976 bits per heavy atom. The van der Waals surface area contributed by atoms with Gasteiger partial charge in [0.25, 0.3) is 0 Å². The number of nitrogens with zero attached hydrogens (tertiary/aromatic N) is 6. The van der Waals surface area contributed by atoms with Crippen molar-refractivity contribution in [2.75, 3.05) is 29.9 Å². The number of imidazole rings is 1. The summed E-state index contributed by atoms with van der Waals surface area (Å²) < 4.78 is 1.65. The first-order valence-electron chi connectivity index (χ1n) is 13.3. The first-order valence-corrected chi connectivity index (χ1v) is 14.4. The number of aromatic nitrogens is 4. The fourth-order valence-electron chi connectivity index (χ4n) is 4.73. The summed E-state index contributed by atoms with van der Waals surface area (Å²) in [5.74, 6) is 0.757. The second-order valence-electron chi connectivity index (χ2n) is 10.1. The van der Waals surface area contributed by atoms with Crippen LogP contribution in [-0.4, -0.2) is 62.0 Å². The van der Waals surface area contributed by atoms with E-state index in [9.17, 15) is 9.59 Å². The van der Waals surface area contributed by atoms with Gasteiger partial charge in [-0.25, -0.2) is 14.8 Å². The fourth-order valence-corrected chi connectivity index (χ4v) is 5.20. The summed E-state index contributed by atoms with van der Waals surface area (Å²) in [6.07, 6.45) is 5.05. The lowest BCUT2D eigenvalue weighted by atomic mass is 10.1. The number of rotatable bonds is 7. The minimum atomic E-state index is -0.389. The Morgan fingerprint density at radius 3 is 2.55 bits per heavy atom. The van der Waals surface area contributed by atoms with Gasteiger partial charge in [0.15, 0.2) is 0 Å². The Balaban J connectivity index is 1.35. The fraction of sp³-hybridized carbons (Fsp3) is 0.276. The van der Waals surface area contributed by atoms with Gasteiger partial charge in [-0.1, -0.05) is 53.0 Å². The normalized spacial score (nSPS) is 15.0. The van der Waals surface area contributed by atoms with Crippen molar-refractivity contribution in [3.8, 4) is 5.95 Å². The second kappa shape index (κ2) is 13.0. The molecular formula is C29H29Cl3N8O2. The van der Waals surface area contributed by atoms with E-state index in [-0.39, 0.29) is 36.1 Å². The van der Waals surface area contributed by atoms with Gasteiger partial charge < -0.3 is 20.4 Å².